The number of benzene rings is 1. The predicted octanol–water partition coefficient (Wildman–Crippen LogP) is 4.16. The van der Waals surface area contributed by atoms with Gasteiger partial charge in [-0.2, -0.15) is 0 Å². The van der Waals surface area contributed by atoms with Crippen LogP contribution in [0.1, 0.15) is 42.5 Å². The van der Waals surface area contributed by atoms with Crippen molar-refractivity contribution < 1.29 is 14.3 Å². The molecule has 0 saturated carbocycles. The van der Waals surface area contributed by atoms with Gasteiger partial charge in [0.1, 0.15) is 12.1 Å². The third kappa shape index (κ3) is 6.67. The summed E-state index contributed by atoms with van der Waals surface area (Å²) in [5.41, 5.74) is 2.73. The highest BCUT2D eigenvalue weighted by molar-refractivity contribution is 7.15. The van der Waals surface area contributed by atoms with Gasteiger partial charge in [-0.1, -0.05) is 29.8 Å². The smallest absolute Gasteiger partial charge is 0.410 e. The number of aryl methyl sites for hydroxylation is 2. The number of carbonyl (C=O) groups excluding carboxylic acids is 2. The van der Waals surface area contributed by atoms with E-state index in [1.54, 1.807) is 20.8 Å². The lowest BCUT2D eigenvalue weighted by Gasteiger charge is -2.24. The summed E-state index contributed by atoms with van der Waals surface area (Å²) in [5, 5.41) is 3.30. The minimum absolute atomic E-state index is 0.0964. The van der Waals surface area contributed by atoms with Crippen molar-refractivity contribution in [3.63, 3.8) is 0 Å². The molecule has 0 saturated heterocycles. The summed E-state index contributed by atoms with van der Waals surface area (Å²) in [6.45, 7) is 9.25. The van der Waals surface area contributed by atoms with E-state index < -0.39 is 11.7 Å². The van der Waals surface area contributed by atoms with E-state index in [4.69, 9.17) is 4.74 Å². The standard InChI is InChI=1S/C20H27N3O3S/c1-13-7-9-15(10-8-13)11-16-14(2)21-18(27-16)22-17(24)12-23(6)19(25)26-20(3,4)5/h7-10H,11-12H2,1-6H3,(H,21,22,24). The molecule has 0 bridgehead atoms. The van der Waals surface area contributed by atoms with Crippen LogP contribution in [0.4, 0.5) is 9.93 Å². The van der Waals surface area contributed by atoms with Crippen molar-refractivity contribution in [3.05, 3.63) is 46.0 Å². The molecule has 27 heavy (non-hydrogen) atoms. The number of anilines is 1. The maximum atomic E-state index is 12.2. The van der Waals surface area contributed by atoms with Gasteiger partial charge in [0.05, 0.1) is 5.69 Å². The number of amides is 2. The molecule has 2 rings (SSSR count). The first-order valence-corrected chi connectivity index (χ1v) is 9.61. The summed E-state index contributed by atoms with van der Waals surface area (Å²) < 4.78 is 5.24. The molecule has 2 amide bonds. The second-order valence-electron chi connectivity index (χ2n) is 7.57. The van der Waals surface area contributed by atoms with Gasteiger partial charge in [-0.25, -0.2) is 9.78 Å². The number of nitrogens with one attached hydrogen (secondary N) is 1. The van der Waals surface area contributed by atoms with Crippen LogP contribution in [-0.2, 0) is 16.0 Å². The SMILES string of the molecule is Cc1ccc(Cc2sc(NC(=O)CN(C)C(=O)OC(C)(C)C)nc2C)cc1. The monoisotopic (exact) mass is 389 g/mol. The van der Waals surface area contributed by atoms with Crippen molar-refractivity contribution in [3.8, 4) is 0 Å². The largest absolute Gasteiger partial charge is 0.444 e. The highest BCUT2D eigenvalue weighted by Gasteiger charge is 2.21. The minimum atomic E-state index is -0.598. The van der Waals surface area contributed by atoms with Gasteiger partial charge in [0.15, 0.2) is 5.13 Å². The van der Waals surface area contributed by atoms with Crippen LogP contribution in [0, 0.1) is 13.8 Å². The number of likely N-dealkylation sites (N-methyl/N-ethyl adjacent to an activating group) is 1. The molecule has 0 radical (unpaired) electrons. The first kappa shape index (κ1) is 20.9. The van der Waals surface area contributed by atoms with Crippen LogP contribution in [0.25, 0.3) is 0 Å². The molecule has 2 aromatic rings. The maximum Gasteiger partial charge on any atom is 0.410 e. The third-order valence-electron chi connectivity index (χ3n) is 3.71. The Morgan fingerprint density at radius 2 is 1.81 bits per heavy atom. The van der Waals surface area contributed by atoms with Gasteiger partial charge >= 0.3 is 6.09 Å². The molecular weight excluding hydrogens is 362 g/mol. The van der Waals surface area contributed by atoms with Crippen LogP contribution in [0.2, 0.25) is 0 Å². The lowest BCUT2D eigenvalue weighted by atomic mass is 10.1. The normalized spacial score (nSPS) is 11.2. The quantitative estimate of drug-likeness (QED) is 0.834. The first-order valence-electron chi connectivity index (χ1n) is 8.79. The molecule has 0 unspecified atom stereocenters. The number of nitrogens with zero attached hydrogens (tertiary/aromatic N) is 2. The molecule has 0 aliphatic heterocycles. The number of carbonyl (C=O) groups is 2. The summed E-state index contributed by atoms with van der Waals surface area (Å²) >= 11 is 1.45. The van der Waals surface area contributed by atoms with Crippen LogP contribution in [0.3, 0.4) is 0 Å². The fraction of sp³-hybridized carbons (Fsp3) is 0.450. The summed E-state index contributed by atoms with van der Waals surface area (Å²) in [4.78, 5) is 30.9. The zero-order chi connectivity index (χ0) is 20.2. The Balaban J connectivity index is 1.94. The highest BCUT2D eigenvalue weighted by Crippen LogP contribution is 2.25. The fourth-order valence-electron chi connectivity index (χ4n) is 2.32. The molecule has 0 aliphatic rings. The topological polar surface area (TPSA) is 71.5 Å². The zero-order valence-electron chi connectivity index (χ0n) is 16.8. The summed E-state index contributed by atoms with van der Waals surface area (Å²) in [7, 11) is 1.53. The summed E-state index contributed by atoms with van der Waals surface area (Å²) in [5.74, 6) is -0.306. The number of aromatic nitrogens is 1. The molecule has 1 aromatic carbocycles. The highest BCUT2D eigenvalue weighted by atomic mass is 32.1. The molecule has 0 spiro atoms. The van der Waals surface area contributed by atoms with Crippen LogP contribution >= 0.6 is 11.3 Å². The Hall–Kier alpha value is -2.41. The minimum Gasteiger partial charge on any atom is -0.444 e. The Bertz CT molecular complexity index is 807. The molecule has 0 atom stereocenters. The van der Waals surface area contributed by atoms with Gasteiger partial charge < -0.3 is 15.0 Å². The first-order chi connectivity index (χ1) is 12.5. The van der Waals surface area contributed by atoms with E-state index in [1.165, 1.54) is 34.4 Å². The molecule has 0 fully saturated rings. The van der Waals surface area contributed by atoms with Gasteiger partial charge in [-0.05, 0) is 40.2 Å². The van der Waals surface area contributed by atoms with Crippen molar-refractivity contribution in [2.75, 3.05) is 18.9 Å². The number of hydrogen-bond donors (Lipinski definition) is 1. The Morgan fingerprint density at radius 3 is 2.41 bits per heavy atom. The van der Waals surface area contributed by atoms with E-state index >= 15 is 0 Å². The van der Waals surface area contributed by atoms with E-state index in [-0.39, 0.29) is 12.5 Å². The zero-order valence-corrected chi connectivity index (χ0v) is 17.6. The molecule has 146 valence electrons. The van der Waals surface area contributed by atoms with Gasteiger partial charge in [-0.3, -0.25) is 4.79 Å². The second kappa shape index (κ2) is 8.52. The number of rotatable bonds is 5. The van der Waals surface area contributed by atoms with Crippen molar-refractivity contribution in [2.24, 2.45) is 0 Å². The second-order valence-corrected chi connectivity index (χ2v) is 8.66. The number of ether oxygens (including phenoxy) is 1. The van der Waals surface area contributed by atoms with E-state index in [9.17, 15) is 9.59 Å². The average molecular weight is 390 g/mol. The van der Waals surface area contributed by atoms with Crippen molar-refractivity contribution >= 4 is 28.5 Å². The Kier molecular flexibility index (Phi) is 6.59. The van der Waals surface area contributed by atoms with Crippen molar-refractivity contribution in [2.45, 2.75) is 46.6 Å². The van der Waals surface area contributed by atoms with Crippen molar-refractivity contribution in [1.82, 2.24) is 9.88 Å². The average Bonchev–Trinajstić information content (AvgIpc) is 2.87. The molecule has 7 heteroatoms. The molecule has 1 aromatic heterocycles. The van der Waals surface area contributed by atoms with E-state index in [1.807, 2.05) is 6.92 Å². The predicted molar refractivity (Wildman–Crippen MR) is 108 cm³/mol. The van der Waals surface area contributed by atoms with Crippen LogP contribution < -0.4 is 5.32 Å². The molecule has 1 heterocycles. The molecule has 6 nitrogen and oxygen atoms in total. The lowest BCUT2D eigenvalue weighted by Crippen LogP contribution is -2.38. The van der Waals surface area contributed by atoms with E-state index in [0.29, 0.717) is 5.13 Å². The number of thiazole rings is 1. The Labute approximate surface area is 164 Å². The van der Waals surface area contributed by atoms with E-state index in [0.717, 1.165) is 17.0 Å². The van der Waals surface area contributed by atoms with Crippen molar-refractivity contribution in [1.29, 1.82) is 0 Å². The van der Waals surface area contributed by atoms with Gasteiger partial charge in [0.25, 0.3) is 0 Å². The molecule has 1 N–H and O–H groups in total. The Morgan fingerprint density at radius 1 is 1.19 bits per heavy atom. The maximum absolute atomic E-state index is 12.2. The third-order valence-corrected chi connectivity index (χ3v) is 4.78. The van der Waals surface area contributed by atoms with Crippen LogP contribution in [0.15, 0.2) is 24.3 Å². The fourth-order valence-corrected chi connectivity index (χ4v) is 3.33. The lowest BCUT2D eigenvalue weighted by molar-refractivity contribution is -0.117. The van der Waals surface area contributed by atoms with Gasteiger partial charge in [0.2, 0.25) is 5.91 Å². The summed E-state index contributed by atoms with van der Waals surface area (Å²) in [6.07, 6.45) is 0.241. The van der Waals surface area contributed by atoms with Gasteiger partial charge in [0, 0.05) is 18.3 Å². The van der Waals surface area contributed by atoms with Crippen LogP contribution in [-0.4, -0.2) is 41.1 Å². The molecule has 0 aliphatic carbocycles. The van der Waals surface area contributed by atoms with E-state index in [2.05, 4.69) is 41.5 Å². The summed E-state index contributed by atoms with van der Waals surface area (Å²) in [6, 6.07) is 8.37. The van der Waals surface area contributed by atoms with Gasteiger partial charge in [-0.15, -0.1) is 11.3 Å². The number of hydrogen-bond acceptors (Lipinski definition) is 5. The van der Waals surface area contributed by atoms with Crippen LogP contribution in [0.5, 0.6) is 0 Å². The molecular formula is C20H27N3O3S.